The summed E-state index contributed by atoms with van der Waals surface area (Å²) < 4.78 is 6.96. The zero-order valence-electron chi connectivity index (χ0n) is 17.6. The Labute approximate surface area is 184 Å². The molecule has 1 fully saturated rings. The Morgan fingerprint density at radius 2 is 2.03 bits per heavy atom. The standard InChI is InChI=1S/C23H24ClN5O2/c1-13-6-8-15(9-7-13)12-29-11-14(2)18-20(29)19(16-4-3-5-17(24)10-16)26-21(25-18)22-27-23(30)31-28-22/h3-5,10-11,13,15H,6-9,12H2,1-2H3,(H,27,28,30). The molecule has 0 bridgehead atoms. The SMILES string of the molecule is Cc1cn(CC2CCC(C)CC2)c2c(-c3cccc(Cl)c3)nc(-c3noc(=O)[nH]3)nc12. The van der Waals surface area contributed by atoms with Crippen LogP contribution >= 0.6 is 11.6 Å². The fourth-order valence-corrected chi connectivity index (χ4v) is 4.75. The van der Waals surface area contributed by atoms with Gasteiger partial charge in [-0.3, -0.25) is 9.51 Å². The van der Waals surface area contributed by atoms with Crippen LogP contribution in [0, 0.1) is 18.8 Å². The molecule has 1 N–H and O–H groups in total. The van der Waals surface area contributed by atoms with Crippen molar-refractivity contribution in [2.24, 2.45) is 11.8 Å². The molecule has 1 aromatic carbocycles. The van der Waals surface area contributed by atoms with Gasteiger partial charge in [0.05, 0.1) is 16.7 Å². The minimum absolute atomic E-state index is 0.212. The third kappa shape index (κ3) is 3.90. The molecular formula is C23H24ClN5O2. The summed E-state index contributed by atoms with van der Waals surface area (Å²) in [5.74, 6) is 1.36. The Balaban J connectivity index is 1.68. The summed E-state index contributed by atoms with van der Waals surface area (Å²) in [7, 11) is 0. The number of benzene rings is 1. The van der Waals surface area contributed by atoms with E-state index < -0.39 is 5.76 Å². The van der Waals surface area contributed by atoms with E-state index in [1.54, 1.807) is 0 Å². The second kappa shape index (κ2) is 7.96. The molecule has 0 radical (unpaired) electrons. The van der Waals surface area contributed by atoms with E-state index >= 15 is 0 Å². The largest absolute Gasteiger partial charge is 0.439 e. The van der Waals surface area contributed by atoms with E-state index in [0.29, 0.717) is 16.8 Å². The Morgan fingerprint density at radius 1 is 1.23 bits per heavy atom. The van der Waals surface area contributed by atoms with Crippen LogP contribution in [-0.4, -0.2) is 24.7 Å². The number of nitrogens with zero attached hydrogens (tertiary/aromatic N) is 4. The van der Waals surface area contributed by atoms with Crippen LogP contribution in [0.4, 0.5) is 0 Å². The Morgan fingerprint density at radius 3 is 2.74 bits per heavy atom. The van der Waals surface area contributed by atoms with Crippen LogP contribution in [0.5, 0.6) is 0 Å². The molecule has 0 atom stereocenters. The molecule has 8 heteroatoms. The smallest absolute Gasteiger partial charge is 0.344 e. The molecule has 1 saturated carbocycles. The lowest BCUT2D eigenvalue weighted by atomic mass is 9.83. The van der Waals surface area contributed by atoms with Gasteiger partial charge in [0.2, 0.25) is 11.6 Å². The van der Waals surface area contributed by atoms with Crippen molar-refractivity contribution in [3.8, 4) is 22.9 Å². The number of nitrogens with one attached hydrogen (secondary N) is 1. The average molecular weight is 438 g/mol. The summed E-state index contributed by atoms with van der Waals surface area (Å²) in [4.78, 5) is 23.6. The molecular weight excluding hydrogens is 414 g/mol. The van der Waals surface area contributed by atoms with Crippen LogP contribution in [-0.2, 0) is 6.54 Å². The third-order valence-electron chi connectivity index (χ3n) is 6.23. The highest BCUT2D eigenvalue weighted by Gasteiger charge is 2.23. The Bertz CT molecular complexity index is 1300. The van der Waals surface area contributed by atoms with E-state index in [9.17, 15) is 4.79 Å². The maximum absolute atomic E-state index is 11.5. The summed E-state index contributed by atoms with van der Waals surface area (Å²) in [6, 6.07) is 7.63. The van der Waals surface area contributed by atoms with Gasteiger partial charge in [0, 0.05) is 23.3 Å². The second-order valence-electron chi connectivity index (χ2n) is 8.64. The van der Waals surface area contributed by atoms with Crippen LogP contribution in [0.3, 0.4) is 0 Å². The minimum Gasteiger partial charge on any atom is -0.344 e. The number of halogens is 1. The van der Waals surface area contributed by atoms with Gasteiger partial charge < -0.3 is 4.57 Å². The Kier molecular flexibility index (Phi) is 5.14. The molecule has 0 unspecified atom stereocenters. The molecule has 0 aliphatic heterocycles. The molecule has 0 saturated heterocycles. The van der Waals surface area contributed by atoms with Crippen LogP contribution in [0.15, 0.2) is 39.8 Å². The monoisotopic (exact) mass is 437 g/mol. The van der Waals surface area contributed by atoms with Gasteiger partial charge in [0.25, 0.3) is 0 Å². The minimum atomic E-state index is -0.635. The van der Waals surface area contributed by atoms with Gasteiger partial charge in [-0.1, -0.05) is 48.7 Å². The fraction of sp³-hybridized carbons (Fsp3) is 0.391. The molecule has 1 aliphatic rings. The highest BCUT2D eigenvalue weighted by atomic mass is 35.5. The van der Waals surface area contributed by atoms with Gasteiger partial charge in [0.15, 0.2) is 0 Å². The topological polar surface area (TPSA) is 89.6 Å². The van der Waals surface area contributed by atoms with Gasteiger partial charge in [-0.2, -0.15) is 0 Å². The van der Waals surface area contributed by atoms with E-state index in [-0.39, 0.29) is 5.82 Å². The number of hydrogen-bond acceptors (Lipinski definition) is 5. The van der Waals surface area contributed by atoms with Gasteiger partial charge in [0.1, 0.15) is 0 Å². The highest BCUT2D eigenvalue weighted by molar-refractivity contribution is 6.30. The van der Waals surface area contributed by atoms with Crippen LogP contribution < -0.4 is 5.76 Å². The zero-order valence-corrected chi connectivity index (χ0v) is 18.3. The number of aromatic nitrogens is 5. The van der Waals surface area contributed by atoms with Crippen molar-refractivity contribution >= 4 is 22.6 Å². The number of rotatable bonds is 4. The maximum atomic E-state index is 11.5. The first-order chi connectivity index (χ1) is 15.0. The van der Waals surface area contributed by atoms with Crippen molar-refractivity contribution in [3.05, 3.63) is 51.6 Å². The fourth-order valence-electron chi connectivity index (χ4n) is 4.56. The van der Waals surface area contributed by atoms with E-state index in [1.165, 1.54) is 25.7 Å². The number of aryl methyl sites for hydroxylation is 1. The molecule has 7 nitrogen and oxygen atoms in total. The summed E-state index contributed by atoms with van der Waals surface area (Å²) in [6.45, 7) is 5.33. The maximum Gasteiger partial charge on any atom is 0.439 e. The number of fused-ring (bicyclic) bond motifs is 1. The van der Waals surface area contributed by atoms with Gasteiger partial charge in [-0.25, -0.2) is 14.8 Å². The van der Waals surface area contributed by atoms with Gasteiger partial charge in [-0.05, 0) is 49.3 Å². The molecule has 160 valence electrons. The predicted octanol–water partition coefficient (Wildman–Crippen LogP) is 5.23. The molecule has 3 heterocycles. The summed E-state index contributed by atoms with van der Waals surface area (Å²) in [5.41, 5.74) is 4.53. The Hall–Kier alpha value is -2.93. The third-order valence-corrected chi connectivity index (χ3v) is 6.47. The van der Waals surface area contributed by atoms with Crippen molar-refractivity contribution in [1.29, 1.82) is 0 Å². The predicted molar refractivity (Wildman–Crippen MR) is 120 cm³/mol. The normalized spacial score (nSPS) is 19.2. The van der Waals surface area contributed by atoms with E-state index in [4.69, 9.17) is 21.6 Å². The molecule has 31 heavy (non-hydrogen) atoms. The summed E-state index contributed by atoms with van der Waals surface area (Å²) in [6.07, 6.45) is 7.20. The van der Waals surface area contributed by atoms with E-state index in [2.05, 4.69) is 32.4 Å². The van der Waals surface area contributed by atoms with Crippen LogP contribution in [0.1, 0.15) is 38.2 Å². The first-order valence-electron chi connectivity index (χ1n) is 10.7. The molecule has 1 aliphatic carbocycles. The number of H-pyrrole nitrogens is 1. The number of aromatic amines is 1. The summed E-state index contributed by atoms with van der Waals surface area (Å²) >= 11 is 6.30. The van der Waals surface area contributed by atoms with Crippen molar-refractivity contribution in [2.45, 2.75) is 46.1 Å². The number of hydrogen-bond donors (Lipinski definition) is 1. The zero-order chi connectivity index (χ0) is 21.5. The van der Waals surface area contributed by atoms with Crippen LogP contribution in [0.25, 0.3) is 33.9 Å². The molecule has 3 aromatic heterocycles. The average Bonchev–Trinajstić information content (AvgIpc) is 3.32. The first kappa shape index (κ1) is 20.0. The van der Waals surface area contributed by atoms with E-state index in [0.717, 1.165) is 40.3 Å². The first-order valence-corrected chi connectivity index (χ1v) is 11.1. The van der Waals surface area contributed by atoms with Crippen molar-refractivity contribution in [1.82, 2.24) is 24.7 Å². The lowest BCUT2D eigenvalue weighted by Gasteiger charge is -2.26. The van der Waals surface area contributed by atoms with Gasteiger partial charge in [-0.15, -0.1) is 0 Å². The lowest BCUT2D eigenvalue weighted by molar-refractivity contribution is 0.267. The van der Waals surface area contributed by atoms with E-state index in [1.807, 2.05) is 31.2 Å². The summed E-state index contributed by atoms with van der Waals surface area (Å²) in [5, 5.41) is 4.42. The highest BCUT2D eigenvalue weighted by Crippen LogP contribution is 2.35. The van der Waals surface area contributed by atoms with Crippen molar-refractivity contribution in [3.63, 3.8) is 0 Å². The molecule has 0 amide bonds. The van der Waals surface area contributed by atoms with Crippen molar-refractivity contribution in [2.75, 3.05) is 0 Å². The quantitative estimate of drug-likeness (QED) is 0.472. The van der Waals surface area contributed by atoms with Gasteiger partial charge >= 0.3 is 5.76 Å². The van der Waals surface area contributed by atoms with Crippen LogP contribution in [0.2, 0.25) is 5.02 Å². The molecule has 5 rings (SSSR count). The second-order valence-corrected chi connectivity index (χ2v) is 9.07. The molecule has 0 spiro atoms. The molecule has 4 aromatic rings. The lowest BCUT2D eigenvalue weighted by Crippen LogP contribution is -2.17. The van der Waals surface area contributed by atoms with Crippen molar-refractivity contribution < 1.29 is 4.52 Å².